The van der Waals surface area contributed by atoms with E-state index < -0.39 is 50.5 Å². The molecule has 0 amide bonds. The lowest BCUT2D eigenvalue weighted by molar-refractivity contribution is -0.850. The average molecular weight is 265 g/mol. The van der Waals surface area contributed by atoms with Crippen LogP contribution in [0.4, 0.5) is 0 Å². The van der Waals surface area contributed by atoms with E-state index in [1.54, 1.807) is 0 Å². The predicted molar refractivity (Wildman–Crippen MR) is 50.9 cm³/mol. The Morgan fingerprint density at radius 1 is 0.722 bits per heavy atom. The van der Waals surface area contributed by atoms with Gasteiger partial charge in [0.15, 0.2) is 0 Å². The van der Waals surface area contributed by atoms with Crippen molar-refractivity contribution >= 4 is 0 Å². The van der Waals surface area contributed by atoms with Crippen LogP contribution in [0.1, 0.15) is 6.42 Å². The van der Waals surface area contributed by atoms with Crippen molar-refractivity contribution in [3.63, 3.8) is 0 Å². The Morgan fingerprint density at radius 2 is 1.00 bits per heavy atom. The number of hydrogen-bond acceptors (Lipinski definition) is 9. The van der Waals surface area contributed by atoms with Gasteiger partial charge in [-0.1, -0.05) is 0 Å². The average Bonchev–Trinajstić information content (AvgIpc) is 2.27. The molecule has 13 heteroatoms. The van der Waals surface area contributed by atoms with E-state index in [0.717, 1.165) is 0 Å². The van der Waals surface area contributed by atoms with Gasteiger partial charge in [-0.3, -0.25) is 45.8 Å². The molecular weight excluding hydrogens is 258 g/mol. The molecule has 0 atom stereocenters. The summed E-state index contributed by atoms with van der Waals surface area (Å²) in [6.07, 6.45) is -1.41. The highest BCUT2D eigenvalue weighted by Crippen LogP contribution is 2.30. The SMILES string of the molecule is O=[N+]([O-])C1([N+](=O)[O-])CNCC([N+](=O)[O-])([N+](=O)[O-])C1. The highest BCUT2D eigenvalue weighted by atomic mass is 16.7. The second-order valence-electron chi connectivity index (χ2n) is 3.77. The van der Waals surface area contributed by atoms with Crippen LogP contribution in [-0.4, -0.2) is 44.1 Å². The molecule has 13 nitrogen and oxygen atoms in total. The van der Waals surface area contributed by atoms with Gasteiger partial charge in [0.1, 0.15) is 32.8 Å². The summed E-state index contributed by atoms with van der Waals surface area (Å²) in [6, 6.07) is 0. The minimum Gasteiger partial charge on any atom is -0.291 e. The van der Waals surface area contributed by atoms with Gasteiger partial charge in [-0.2, -0.15) is 0 Å². The van der Waals surface area contributed by atoms with Crippen LogP contribution in [0.3, 0.4) is 0 Å². The van der Waals surface area contributed by atoms with Gasteiger partial charge in [-0.25, -0.2) is 0 Å². The van der Waals surface area contributed by atoms with Gasteiger partial charge < -0.3 is 0 Å². The fourth-order valence-electron chi connectivity index (χ4n) is 1.69. The lowest BCUT2D eigenvalue weighted by Gasteiger charge is -2.27. The Kier molecular flexibility index (Phi) is 3.10. The zero-order chi connectivity index (χ0) is 14.1. The van der Waals surface area contributed by atoms with Crippen LogP contribution in [0.15, 0.2) is 0 Å². The summed E-state index contributed by atoms with van der Waals surface area (Å²) >= 11 is 0. The Labute approximate surface area is 97.4 Å². The van der Waals surface area contributed by atoms with Crippen LogP contribution >= 0.6 is 0 Å². The van der Waals surface area contributed by atoms with Gasteiger partial charge in [-0.15, -0.1) is 0 Å². The maximum absolute atomic E-state index is 10.7. The van der Waals surface area contributed by atoms with E-state index in [1.807, 2.05) is 5.32 Å². The van der Waals surface area contributed by atoms with E-state index in [9.17, 15) is 40.5 Å². The van der Waals surface area contributed by atoms with Crippen molar-refractivity contribution in [2.45, 2.75) is 17.7 Å². The highest BCUT2D eigenvalue weighted by molar-refractivity contribution is 4.87. The predicted octanol–water partition coefficient (Wildman–Crippen LogP) is -1.52. The van der Waals surface area contributed by atoms with Crippen molar-refractivity contribution in [2.24, 2.45) is 0 Å². The Morgan fingerprint density at radius 3 is 1.22 bits per heavy atom. The molecule has 0 aromatic heterocycles. The third-order valence-electron chi connectivity index (χ3n) is 2.74. The summed E-state index contributed by atoms with van der Waals surface area (Å²) in [4.78, 5) is 37.5. The fraction of sp³-hybridized carbons (Fsp3) is 1.00. The molecule has 0 aromatic carbocycles. The zero-order valence-electron chi connectivity index (χ0n) is 8.68. The van der Waals surface area contributed by atoms with Crippen molar-refractivity contribution in [2.75, 3.05) is 13.1 Å². The molecule has 100 valence electrons. The lowest BCUT2D eigenvalue weighted by atomic mass is 9.92. The third-order valence-corrected chi connectivity index (χ3v) is 2.74. The van der Waals surface area contributed by atoms with Gasteiger partial charge in [0.25, 0.3) is 0 Å². The normalized spacial score (nSPS) is 20.9. The molecule has 0 saturated carbocycles. The topological polar surface area (TPSA) is 185 Å². The number of nitrogens with one attached hydrogen (secondary N) is 1. The van der Waals surface area contributed by atoms with Gasteiger partial charge in [0.05, 0.1) is 0 Å². The molecule has 1 N–H and O–H groups in total. The first-order valence-corrected chi connectivity index (χ1v) is 4.48. The van der Waals surface area contributed by atoms with Gasteiger partial charge >= 0.3 is 11.3 Å². The maximum Gasteiger partial charge on any atom is 0.484 e. The summed E-state index contributed by atoms with van der Waals surface area (Å²) in [5.74, 6) is 0. The minimum atomic E-state index is -2.97. The van der Waals surface area contributed by atoms with Crippen molar-refractivity contribution in [3.8, 4) is 0 Å². The molecule has 1 rings (SSSR count). The molecule has 0 radical (unpaired) electrons. The van der Waals surface area contributed by atoms with Crippen molar-refractivity contribution in [1.82, 2.24) is 5.32 Å². The molecule has 1 saturated heterocycles. The third kappa shape index (κ3) is 1.69. The number of piperidine rings is 1. The Hall–Kier alpha value is -2.44. The van der Waals surface area contributed by atoms with Crippen LogP contribution in [-0.2, 0) is 0 Å². The van der Waals surface area contributed by atoms with Crippen molar-refractivity contribution < 1.29 is 19.7 Å². The molecule has 0 aromatic rings. The number of rotatable bonds is 4. The van der Waals surface area contributed by atoms with Crippen LogP contribution in [0, 0.1) is 40.5 Å². The Balaban J connectivity index is 3.30. The largest absolute Gasteiger partial charge is 0.484 e. The van der Waals surface area contributed by atoms with Gasteiger partial charge in [0, 0.05) is 0 Å². The second kappa shape index (κ2) is 4.10. The molecule has 1 fully saturated rings. The number of nitro groups is 4. The first kappa shape index (κ1) is 13.6. The molecule has 1 heterocycles. The van der Waals surface area contributed by atoms with Gasteiger partial charge in [0.2, 0.25) is 6.42 Å². The first-order valence-electron chi connectivity index (χ1n) is 4.48. The highest BCUT2D eigenvalue weighted by Gasteiger charge is 2.74. The molecule has 1 aliphatic heterocycles. The summed E-state index contributed by atoms with van der Waals surface area (Å²) in [5, 5.41) is 44.9. The molecule has 0 unspecified atom stereocenters. The number of nitrogens with zero attached hydrogens (tertiary/aromatic N) is 4. The van der Waals surface area contributed by atoms with E-state index >= 15 is 0 Å². The molecule has 0 aliphatic carbocycles. The molecule has 18 heavy (non-hydrogen) atoms. The zero-order valence-corrected chi connectivity index (χ0v) is 8.68. The number of hydrogen-bond donors (Lipinski definition) is 1. The monoisotopic (exact) mass is 265 g/mol. The van der Waals surface area contributed by atoms with Crippen LogP contribution < -0.4 is 5.32 Å². The van der Waals surface area contributed by atoms with E-state index in [-0.39, 0.29) is 0 Å². The molecule has 0 bridgehead atoms. The fourth-order valence-corrected chi connectivity index (χ4v) is 1.69. The first-order chi connectivity index (χ1) is 8.19. The van der Waals surface area contributed by atoms with E-state index in [1.165, 1.54) is 0 Å². The molecule has 0 spiro atoms. The van der Waals surface area contributed by atoms with Crippen molar-refractivity contribution in [3.05, 3.63) is 40.5 Å². The summed E-state index contributed by atoms with van der Waals surface area (Å²) in [7, 11) is 0. The smallest absolute Gasteiger partial charge is 0.291 e. The van der Waals surface area contributed by atoms with Crippen LogP contribution in [0.25, 0.3) is 0 Å². The quantitative estimate of drug-likeness (QED) is 0.357. The molecule has 1 aliphatic rings. The lowest BCUT2D eigenvalue weighted by Crippen LogP contribution is -2.69. The maximum atomic E-state index is 10.7. The summed E-state index contributed by atoms with van der Waals surface area (Å²) in [6.45, 7) is -1.62. The summed E-state index contributed by atoms with van der Waals surface area (Å²) < 4.78 is 0. The van der Waals surface area contributed by atoms with Gasteiger partial charge in [-0.05, 0) is 0 Å². The van der Waals surface area contributed by atoms with E-state index in [2.05, 4.69) is 0 Å². The standard InChI is InChI=1S/C5H7N5O8/c11-7(12)4(8(13)14)1-5(9(15)16,10(17)18)3-6-2-4/h6H,1-3H2. The Bertz CT molecular complexity index is 368. The summed E-state index contributed by atoms with van der Waals surface area (Å²) in [5.41, 5.74) is -5.95. The second-order valence-corrected chi connectivity index (χ2v) is 3.77. The molecular formula is C5H7N5O8. The van der Waals surface area contributed by atoms with E-state index in [0.29, 0.717) is 0 Å². The minimum absolute atomic E-state index is 0.809. The van der Waals surface area contributed by atoms with Crippen LogP contribution in [0.2, 0.25) is 0 Å². The van der Waals surface area contributed by atoms with E-state index in [4.69, 9.17) is 0 Å². The van der Waals surface area contributed by atoms with Crippen molar-refractivity contribution in [1.29, 1.82) is 0 Å². The van der Waals surface area contributed by atoms with Crippen LogP contribution in [0.5, 0.6) is 0 Å².